The summed E-state index contributed by atoms with van der Waals surface area (Å²) in [6.45, 7) is 3.72. The van der Waals surface area contributed by atoms with Crippen LogP contribution in [-0.4, -0.2) is 68.1 Å². The Morgan fingerprint density at radius 3 is 2.60 bits per heavy atom. The van der Waals surface area contributed by atoms with Crippen molar-refractivity contribution >= 4 is 68.4 Å². The number of likely N-dealkylation sites (tertiary alicyclic amines) is 1. The molecule has 4 aliphatic rings. The van der Waals surface area contributed by atoms with E-state index in [0.717, 1.165) is 31.0 Å². The second kappa shape index (κ2) is 12.6. The van der Waals surface area contributed by atoms with E-state index in [2.05, 4.69) is 0 Å². The number of methoxy groups -OCH3 is 1. The van der Waals surface area contributed by atoms with Gasteiger partial charge in [-0.15, -0.1) is 11.3 Å². The van der Waals surface area contributed by atoms with Gasteiger partial charge in [0.15, 0.2) is 11.5 Å². The molecule has 2 saturated heterocycles. The molecule has 12 nitrogen and oxygen atoms in total. The first-order valence-electron chi connectivity index (χ1n) is 17.5. The van der Waals surface area contributed by atoms with Crippen molar-refractivity contribution in [3.8, 4) is 22.1 Å². The predicted molar refractivity (Wildman–Crippen MR) is 197 cm³/mol. The molecule has 2 aromatic heterocycles. The Kier molecular flexibility index (Phi) is 8.30. The smallest absolute Gasteiger partial charge is 0.303 e. The number of hydrogen-bond acceptors (Lipinski definition) is 9. The van der Waals surface area contributed by atoms with Crippen LogP contribution in [0.2, 0.25) is 5.02 Å². The van der Waals surface area contributed by atoms with Crippen molar-refractivity contribution in [2.24, 2.45) is 36.1 Å². The molecule has 4 heterocycles. The number of aromatic nitrogens is 2. The SMILES string of the molecule is COc1cccc(C2C3=CCC4C(=O)N(CCCC(=O)O)C(=O)C4C3CC3C(=O)N(c4cc(-c5sc6ccc(Cl)cc6c5C)nn4C)C(=O)C32C)c1O. The van der Waals surface area contributed by atoms with Crippen molar-refractivity contribution in [2.75, 3.05) is 18.6 Å². The standard InChI is InChI=1S/C39H37ClN4O8S/c1-18-23-15-19(40)10-13-28(23)53-34(18)26-17-29(42(3)41-26)44-36(49)25-16-24-20(11-12-21-31(24)37(50)43(35(21)48)14-6-9-30(45)46)32(39(25,2)38(44)51)22-7-5-8-27(52-4)33(22)47/h5,7-8,10-11,13,15,17,21,24-25,31-32,47H,6,9,12,14,16H2,1-4H3,(H,45,46). The van der Waals surface area contributed by atoms with Crippen molar-refractivity contribution in [1.82, 2.24) is 14.7 Å². The molecule has 0 bridgehead atoms. The van der Waals surface area contributed by atoms with Gasteiger partial charge in [0.1, 0.15) is 11.5 Å². The van der Waals surface area contributed by atoms with Crippen LogP contribution in [0.25, 0.3) is 20.7 Å². The number of carboxylic acid groups (broad SMARTS) is 1. The van der Waals surface area contributed by atoms with E-state index < -0.39 is 58.7 Å². The summed E-state index contributed by atoms with van der Waals surface area (Å²) in [5.74, 6) is -6.17. The van der Waals surface area contributed by atoms with Gasteiger partial charge in [0.25, 0.3) is 0 Å². The molecule has 2 N–H and O–H groups in total. The van der Waals surface area contributed by atoms with Crippen LogP contribution in [0.3, 0.4) is 0 Å². The van der Waals surface area contributed by atoms with Gasteiger partial charge in [-0.25, -0.2) is 4.90 Å². The van der Waals surface area contributed by atoms with Gasteiger partial charge in [-0.2, -0.15) is 5.10 Å². The number of hydrogen-bond donors (Lipinski definition) is 2. The molecule has 6 atom stereocenters. The average molecular weight is 757 g/mol. The number of allylic oxidation sites excluding steroid dienone is 2. The maximum Gasteiger partial charge on any atom is 0.303 e. The van der Waals surface area contributed by atoms with Crippen LogP contribution >= 0.6 is 22.9 Å². The molecule has 4 amide bonds. The van der Waals surface area contributed by atoms with Crippen LogP contribution in [0.4, 0.5) is 5.82 Å². The van der Waals surface area contributed by atoms with Gasteiger partial charge in [0.2, 0.25) is 23.6 Å². The van der Waals surface area contributed by atoms with Gasteiger partial charge in [-0.1, -0.05) is 35.4 Å². The van der Waals surface area contributed by atoms with E-state index in [0.29, 0.717) is 22.1 Å². The van der Waals surface area contributed by atoms with E-state index in [4.69, 9.17) is 26.5 Å². The minimum Gasteiger partial charge on any atom is -0.504 e. The molecule has 2 aliphatic carbocycles. The first-order chi connectivity index (χ1) is 25.3. The summed E-state index contributed by atoms with van der Waals surface area (Å²) in [7, 11) is 3.11. The number of thiophene rings is 1. The number of benzene rings is 2. The van der Waals surface area contributed by atoms with E-state index in [-0.39, 0.29) is 49.6 Å². The highest BCUT2D eigenvalue weighted by molar-refractivity contribution is 7.22. The van der Waals surface area contributed by atoms with Crippen molar-refractivity contribution in [3.63, 3.8) is 0 Å². The lowest BCUT2D eigenvalue weighted by Crippen LogP contribution is -2.49. The number of phenols is 1. The number of anilines is 1. The van der Waals surface area contributed by atoms with E-state index in [1.54, 1.807) is 49.6 Å². The van der Waals surface area contributed by atoms with Gasteiger partial charge in [0.05, 0.1) is 35.2 Å². The van der Waals surface area contributed by atoms with Gasteiger partial charge in [0, 0.05) is 47.3 Å². The Labute approximate surface area is 313 Å². The third-order valence-electron chi connectivity index (χ3n) is 11.9. The van der Waals surface area contributed by atoms with Crippen LogP contribution in [0, 0.1) is 36.0 Å². The average Bonchev–Trinajstić information content (AvgIpc) is 3.79. The van der Waals surface area contributed by atoms with Crippen molar-refractivity contribution in [1.29, 1.82) is 0 Å². The molecule has 4 aromatic rings. The number of para-hydroxylation sites is 1. The topological polar surface area (TPSA) is 159 Å². The number of carbonyl (C=O) groups is 5. The summed E-state index contributed by atoms with van der Waals surface area (Å²) < 4.78 is 8.02. The first kappa shape index (κ1) is 35.0. The Hall–Kier alpha value is -5.01. The van der Waals surface area contributed by atoms with Crippen molar-refractivity contribution in [3.05, 3.63) is 70.3 Å². The number of nitrogens with zero attached hydrogens (tertiary/aromatic N) is 4. The highest BCUT2D eigenvalue weighted by Crippen LogP contribution is 2.65. The number of amides is 4. The van der Waals surface area contributed by atoms with E-state index in [1.165, 1.54) is 16.7 Å². The Balaban J connectivity index is 1.23. The molecule has 0 radical (unpaired) electrons. The molecule has 14 heteroatoms. The summed E-state index contributed by atoms with van der Waals surface area (Å²) in [6.07, 6.45) is 2.21. The monoisotopic (exact) mass is 756 g/mol. The predicted octanol–water partition coefficient (Wildman–Crippen LogP) is 6.07. The lowest BCUT2D eigenvalue weighted by Gasteiger charge is -2.49. The number of halogens is 1. The van der Waals surface area contributed by atoms with Crippen LogP contribution < -0.4 is 9.64 Å². The molecule has 274 valence electrons. The Morgan fingerprint density at radius 1 is 1.09 bits per heavy atom. The van der Waals surface area contributed by atoms with Gasteiger partial charge in [-0.05, 0) is 74.2 Å². The third-order valence-corrected chi connectivity index (χ3v) is 13.4. The number of phenolic OH excluding ortho intramolecular Hbond substituents is 1. The second-order valence-electron chi connectivity index (χ2n) is 14.6. The number of carbonyl (C=O) groups excluding carboxylic acids is 4. The van der Waals surface area contributed by atoms with E-state index >= 15 is 4.79 Å². The number of aromatic hydroxyl groups is 1. The summed E-state index contributed by atoms with van der Waals surface area (Å²) >= 11 is 7.84. The normalized spacial score (nSPS) is 26.6. The quantitative estimate of drug-likeness (QED) is 0.161. The molecule has 2 aromatic carbocycles. The lowest BCUT2D eigenvalue weighted by atomic mass is 9.51. The molecule has 2 aliphatic heterocycles. The number of rotatable bonds is 8. The van der Waals surface area contributed by atoms with Crippen LogP contribution in [0.5, 0.6) is 11.5 Å². The van der Waals surface area contributed by atoms with E-state index in [1.807, 2.05) is 31.2 Å². The van der Waals surface area contributed by atoms with E-state index in [9.17, 15) is 24.3 Å². The van der Waals surface area contributed by atoms with Crippen LogP contribution in [0.1, 0.15) is 49.7 Å². The van der Waals surface area contributed by atoms with Gasteiger partial charge >= 0.3 is 5.97 Å². The highest BCUT2D eigenvalue weighted by Gasteiger charge is 2.68. The molecular formula is C39H37ClN4O8S. The van der Waals surface area contributed by atoms with Crippen molar-refractivity contribution in [2.45, 2.75) is 45.4 Å². The molecule has 6 unspecified atom stereocenters. The fourth-order valence-electron chi connectivity index (χ4n) is 9.40. The molecule has 8 rings (SSSR count). The minimum absolute atomic E-state index is 0.0133. The first-order valence-corrected chi connectivity index (χ1v) is 18.7. The maximum atomic E-state index is 15.0. The Morgan fingerprint density at radius 2 is 1.87 bits per heavy atom. The molecule has 53 heavy (non-hydrogen) atoms. The number of imide groups is 2. The summed E-state index contributed by atoms with van der Waals surface area (Å²) in [4.78, 5) is 72.0. The minimum atomic E-state index is -1.39. The fourth-order valence-corrected chi connectivity index (χ4v) is 10.7. The zero-order valence-corrected chi connectivity index (χ0v) is 31.0. The van der Waals surface area contributed by atoms with Crippen molar-refractivity contribution < 1.29 is 38.9 Å². The van der Waals surface area contributed by atoms with Crippen LogP contribution in [0.15, 0.2) is 54.1 Å². The third kappa shape index (κ3) is 5.07. The number of fused-ring (bicyclic) bond motifs is 5. The lowest BCUT2D eigenvalue weighted by molar-refractivity contribution is -0.142. The maximum absolute atomic E-state index is 15.0. The molecule has 0 spiro atoms. The molecule has 3 fully saturated rings. The zero-order valence-electron chi connectivity index (χ0n) is 29.5. The Bertz CT molecular complexity index is 2310. The van der Waals surface area contributed by atoms with Gasteiger partial charge in [-0.3, -0.25) is 33.6 Å². The summed E-state index contributed by atoms with van der Waals surface area (Å²) in [6, 6.07) is 12.4. The number of carboxylic acids is 1. The molecule has 1 saturated carbocycles. The highest BCUT2D eigenvalue weighted by atomic mass is 35.5. The van der Waals surface area contributed by atoms with Crippen LogP contribution in [-0.2, 0) is 31.0 Å². The number of aliphatic carboxylic acids is 1. The zero-order chi connectivity index (χ0) is 37.7. The van der Waals surface area contributed by atoms with Gasteiger partial charge < -0.3 is 14.9 Å². The summed E-state index contributed by atoms with van der Waals surface area (Å²) in [5.41, 5.74) is 1.28. The fraction of sp³-hybridized carbons (Fsp3) is 0.385. The molecular weight excluding hydrogens is 720 g/mol. The number of ether oxygens (including phenoxy) is 1. The summed E-state index contributed by atoms with van der Waals surface area (Å²) in [5, 5.41) is 27.1. The largest absolute Gasteiger partial charge is 0.504 e. The second-order valence-corrected chi connectivity index (χ2v) is 16.1. The number of aryl methyl sites for hydroxylation is 2.